The first-order valence-corrected chi connectivity index (χ1v) is 6.76. The molecule has 0 saturated carbocycles. The second-order valence-electron chi connectivity index (χ2n) is 3.18. The predicted octanol–water partition coefficient (Wildman–Crippen LogP) is 1.94. The first-order chi connectivity index (χ1) is 8.13. The highest BCUT2D eigenvalue weighted by atomic mass is 32.2. The van der Waals surface area contributed by atoms with Crippen LogP contribution in [0, 0.1) is 0 Å². The van der Waals surface area contributed by atoms with E-state index in [1.165, 1.54) is 22.7 Å². The summed E-state index contributed by atoms with van der Waals surface area (Å²) in [7, 11) is 0. The van der Waals surface area contributed by atoms with E-state index in [0.717, 1.165) is 4.21 Å². The molecule has 1 N–H and O–H groups in total. The highest BCUT2D eigenvalue weighted by Crippen LogP contribution is 2.23. The molecule has 17 heavy (non-hydrogen) atoms. The molecule has 0 unspecified atom stereocenters. The molecule has 0 fully saturated rings. The van der Waals surface area contributed by atoms with Gasteiger partial charge in [0.25, 0.3) is 0 Å². The van der Waals surface area contributed by atoms with Crippen molar-refractivity contribution >= 4 is 35.0 Å². The number of amides is 1. The minimum atomic E-state index is -1.01. The third-order valence-electron chi connectivity index (χ3n) is 1.86. The maximum absolute atomic E-state index is 11.8. The Morgan fingerprint density at radius 3 is 2.88 bits per heavy atom. The van der Waals surface area contributed by atoms with Crippen molar-refractivity contribution in [2.75, 3.05) is 18.8 Å². The van der Waals surface area contributed by atoms with Crippen LogP contribution < -0.4 is 0 Å². The first kappa shape index (κ1) is 13.8. The van der Waals surface area contributed by atoms with Crippen molar-refractivity contribution in [3.8, 4) is 0 Å². The summed E-state index contributed by atoms with van der Waals surface area (Å²) >= 11 is 2.98. The molecule has 0 radical (unpaired) electrons. The lowest BCUT2D eigenvalue weighted by atomic mass is 10.4. The summed E-state index contributed by atoms with van der Waals surface area (Å²) in [5.74, 6) is -0.950. The lowest BCUT2D eigenvalue weighted by Gasteiger charge is -2.18. The molecule has 1 aromatic heterocycles. The summed E-state index contributed by atoms with van der Waals surface area (Å²) in [6.07, 6.45) is 1.52. The van der Waals surface area contributed by atoms with Gasteiger partial charge in [0.15, 0.2) is 0 Å². The van der Waals surface area contributed by atoms with Crippen LogP contribution in [0.2, 0.25) is 0 Å². The molecule has 6 heteroatoms. The molecule has 1 aromatic rings. The van der Waals surface area contributed by atoms with Gasteiger partial charge in [0.1, 0.15) is 6.54 Å². The molecule has 0 aromatic carbocycles. The number of hydrogen-bond donors (Lipinski definition) is 1. The highest BCUT2D eigenvalue weighted by Gasteiger charge is 2.15. The van der Waals surface area contributed by atoms with Gasteiger partial charge in [-0.25, -0.2) is 0 Å². The average Bonchev–Trinajstić information content (AvgIpc) is 2.77. The zero-order valence-electron chi connectivity index (χ0n) is 9.17. The van der Waals surface area contributed by atoms with Crippen molar-refractivity contribution in [2.45, 2.75) is 4.21 Å². The van der Waals surface area contributed by atoms with Crippen LogP contribution in [-0.4, -0.2) is 40.7 Å². The topological polar surface area (TPSA) is 57.6 Å². The van der Waals surface area contributed by atoms with E-state index in [0.29, 0.717) is 0 Å². The Morgan fingerprint density at radius 1 is 1.59 bits per heavy atom. The van der Waals surface area contributed by atoms with Gasteiger partial charge in [0, 0.05) is 6.54 Å². The monoisotopic (exact) mass is 271 g/mol. The van der Waals surface area contributed by atoms with Crippen molar-refractivity contribution < 1.29 is 14.7 Å². The van der Waals surface area contributed by atoms with Gasteiger partial charge < -0.3 is 10.0 Å². The van der Waals surface area contributed by atoms with Crippen molar-refractivity contribution in [2.24, 2.45) is 0 Å². The number of hydrogen-bond acceptors (Lipinski definition) is 4. The first-order valence-electron chi connectivity index (χ1n) is 4.90. The zero-order valence-corrected chi connectivity index (χ0v) is 10.8. The van der Waals surface area contributed by atoms with Crippen molar-refractivity contribution in [3.63, 3.8) is 0 Å². The number of carbonyl (C=O) groups excluding carboxylic acids is 1. The van der Waals surface area contributed by atoms with Crippen molar-refractivity contribution in [1.82, 2.24) is 4.90 Å². The van der Waals surface area contributed by atoms with Crippen LogP contribution in [0.15, 0.2) is 34.4 Å². The minimum absolute atomic E-state index is 0.189. The fraction of sp³-hybridized carbons (Fsp3) is 0.273. The van der Waals surface area contributed by atoms with E-state index in [-0.39, 0.29) is 24.7 Å². The lowest BCUT2D eigenvalue weighted by Crippen LogP contribution is -2.36. The SMILES string of the molecule is C=CCN(CC(=O)O)C(=O)CSc1cccs1. The summed E-state index contributed by atoms with van der Waals surface area (Å²) < 4.78 is 1.05. The number of rotatable bonds is 7. The molecule has 0 aliphatic carbocycles. The number of aliphatic carboxylic acids is 1. The van der Waals surface area contributed by atoms with Crippen LogP contribution >= 0.6 is 23.1 Å². The molecule has 1 rings (SSSR count). The van der Waals surface area contributed by atoms with E-state index in [4.69, 9.17) is 5.11 Å². The zero-order chi connectivity index (χ0) is 12.7. The second-order valence-corrected chi connectivity index (χ2v) is 5.40. The summed E-state index contributed by atoms with van der Waals surface area (Å²) in [6, 6.07) is 3.84. The fourth-order valence-electron chi connectivity index (χ4n) is 1.14. The number of thiophene rings is 1. The quantitative estimate of drug-likeness (QED) is 0.608. The molecule has 92 valence electrons. The molecule has 0 spiro atoms. The number of carbonyl (C=O) groups is 2. The maximum atomic E-state index is 11.8. The van der Waals surface area contributed by atoms with Gasteiger partial charge in [0.2, 0.25) is 5.91 Å². The second kappa shape index (κ2) is 7.13. The number of thioether (sulfide) groups is 1. The Morgan fingerprint density at radius 2 is 2.35 bits per heavy atom. The van der Waals surface area contributed by atoms with E-state index in [2.05, 4.69) is 6.58 Å². The van der Waals surface area contributed by atoms with Crippen LogP contribution in [0.4, 0.5) is 0 Å². The molecule has 1 heterocycles. The molecule has 0 aliphatic heterocycles. The number of carboxylic acids is 1. The fourth-order valence-corrected chi connectivity index (χ4v) is 2.83. The van der Waals surface area contributed by atoms with Crippen LogP contribution in [0.1, 0.15) is 0 Å². The highest BCUT2D eigenvalue weighted by molar-refractivity contribution is 8.01. The number of nitrogens with zero attached hydrogens (tertiary/aromatic N) is 1. The Bertz CT molecular complexity index is 389. The molecule has 4 nitrogen and oxygen atoms in total. The van der Waals surface area contributed by atoms with E-state index < -0.39 is 5.97 Å². The third kappa shape index (κ3) is 5.06. The third-order valence-corrected chi connectivity index (χ3v) is 3.98. The van der Waals surface area contributed by atoms with E-state index in [9.17, 15) is 9.59 Å². The molecule has 0 bridgehead atoms. The van der Waals surface area contributed by atoms with Gasteiger partial charge in [-0.2, -0.15) is 0 Å². The summed E-state index contributed by atoms with van der Waals surface area (Å²) in [6.45, 7) is 3.49. The standard InChI is InChI=1S/C11H13NO3S2/c1-2-5-12(7-10(14)15)9(13)8-17-11-4-3-6-16-11/h2-4,6H,1,5,7-8H2,(H,14,15). The summed E-state index contributed by atoms with van der Waals surface area (Å²) in [4.78, 5) is 23.6. The predicted molar refractivity (Wildman–Crippen MR) is 69.5 cm³/mol. The molecule has 0 atom stereocenters. The smallest absolute Gasteiger partial charge is 0.323 e. The van der Waals surface area contributed by atoms with Gasteiger partial charge in [-0.15, -0.1) is 29.7 Å². The molecular formula is C11H13NO3S2. The lowest BCUT2D eigenvalue weighted by molar-refractivity contribution is -0.143. The van der Waals surface area contributed by atoms with Gasteiger partial charge >= 0.3 is 5.97 Å². The van der Waals surface area contributed by atoms with Gasteiger partial charge in [-0.3, -0.25) is 9.59 Å². The van der Waals surface area contributed by atoms with Crippen LogP contribution in [0.25, 0.3) is 0 Å². The van der Waals surface area contributed by atoms with Crippen LogP contribution in [0.5, 0.6) is 0 Å². The molecular weight excluding hydrogens is 258 g/mol. The van der Waals surface area contributed by atoms with Crippen LogP contribution in [-0.2, 0) is 9.59 Å². The summed E-state index contributed by atoms with van der Waals surface area (Å²) in [5.41, 5.74) is 0. The van der Waals surface area contributed by atoms with Crippen LogP contribution in [0.3, 0.4) is 0 Å². The Labute approximate surface area is 108 Å². The van der Waals surface area contributed by atoms with Crippen molar-refractivity contribution in [1.29, 1.82) is 0 Å². The Kier molecular flexibility index (Phi) is 5.79. The molecule has 0 saturated heterocycles. The minimum Gasteiger partial charge on any atom is -0.480 e. The van der Waals surface area contributed by atoms with E-state index in [1.807, 2.05) is 17.5 Å². The normalized spacial score (nSPS) is 9.88. The van der Waals surface area contributed by atoms with Gasteiger partial charge in [0.05, 0.1) is 9.96 Å². The maximum Gasteiger partial charge on any atom is 0.323 e. The molecule has 0 aliphatic rings. The van der Waals surface area contributed by atoms with Gasteiger partial charge in [-0.1, -0.05) is 12.1 Å². The average molecular weight is 271 g/mol. The van der Waals surface area contributed by atoms with E-state index >= 15 is 0 Å². The Hall–Kier alpha value is -1.27. The van der Waals surface area contributed by atoms with E-state index in [1.54, 1.807) is 11.3 Å². The molecule has 1 amide bonds. The van der Waals surface area contributed by atoms with Crippen molar-refractivity contribution in [3.05, 3.63) is 30.2 Å². The largest absolute Gasteiger partial charge is 0.480 e. The van der Waals surface area contributed by atoms with Gasteiger partial charge in [-0.05, 0) is 11.4 Å². The number of carboxylic acid groups (broad SMARTS) is 1. The Balaban J connectivity index is 2.46. The summed E-state index contributed by atoms with van der Waals surface area (Å²) in [5, 5.41) is 10.6.